The average Bonchev–Trinajstić information content (AvgIpc) is 2.49. The van der Waals surface area contributed by atoms with Crippen molar-refractivity contribution < 1.29 is 14.7 Å². The molecule has 0 bridgehead atoms. The fourth-order valence-corrected chi connectivity index (χ4v) is 1.65. The van der Waals surface area contributed by atoms with E-state index < -0.39 is 0 Å². The van der Waals surface area contributed by atoms with Crippen molar-refractivity contribution in [2.45, 2.75) is 19.4 Å². The van der Waals surface area contributed by atoms with Crippen molar-refractivity contribution >= 4 is 5.84 Å². The van der Waals surface area contributed by atoms with Gasteiger partial charge in [-0.25, -0.2) is 0 Å². The van der Waals surface area contributed by atoms with Crippen molar-refractivity contribution in [3.8, 4) is 5.75 Å². The van der Waals surface area contributed by atoms with Crippen molar-refractivity contribution in [1.82, 2.24) is 5.32 Å². The number of oxime groups is 1. The number of benzene rings is 1. The van der Waals surface area contributed by atoms with Crippen molar-refractivity contribution in [1.29, 1.82) is 0 Å². The average molecular weight is 281 g/mol. The summed E-state index contributed by atoms with van der Waals surface area (Å²) in [6, 6.07) is 7.49. The first-order valence-corrected chi connectivity index (χ1v) is 6.60. The fraction of sp³-hybridized carbons (Fsp3) is 0.500. The maximum absolute atomic E-state index is 8.56. The van der Waals surface area contributed by atoms with Gasteiger partial charge in [-0.1, -0.05) is 5.16 Å². The Balaban J connectivity index is 2.25. The van der Waals surface area contributed by atoms with Crippen LogP contribution in [-0.4, -0.2) is 44.0 Å². The van der Waals surface area contributed by atoms with Gasteiger partial charge in [0.05, 0.1) is 0 Å². The van der Waals surface area contributed by atoms with Crippen molar-refractivity contribution in [2.75, 3.05) is 26.9 Å². The van der Waals surface area contributed by atoms with Crippen molar-refractivity contribution in [3.63, 3.8) is 0 Å². The Morgan fingerprint density at radius 3 is 2.65 bits per heavy atom. The molecule has 0 aliphatic rings. The maximum Gasteiger partial charge on any atom is 0.170 e. The fourth-order valence-electron chi connectivity index (χ4n) is 1.65. The Labute approximate surface area is 119 Å². The maximum atomic E-state index is 8.56. The SMILES string of the molecule is COCCC(C)NCCOc1ccc(C(N)=NO)cc1. The van der Waals surface area contributed by atoms with Gasteiger partial charge in [0.25, 0.3) is 0 Å². The first kappa shape index (κ1) is 16.3. The summed E-state index contributed by atoms with van der Waals surface area (Å²) >= 11 is 0. The molecule has 1 rings (SSSR count). The largest absolute Gasteiger partial charge is 0.492 e. The molecule has 0 spiro atoms. The Kier molecular flexibility index (Phi) is 7.46. The third-order valence-corrected chi connectivity index (χ3v) is 2.88. The smallest absolute Gasteiger partial charge is 0.170 e. The van der Waals surface area contributed by atoms with Gasteiger partial charge in [0, 0.05) is 31.9 Å². The molecule has 0 heterocycles. The zero-order valence-corrected chi connectivity index (χ0v) is 12.0. The number of hydrogen-bond donors (Lipinski definition) is 3. The Morgan fingerprint density at radius 1 is 1.35 bits per heavy atom. The Morgan fingerprint density at radius 2 is 2.05 bits per heavy atom. The molecule has 0 amide bonds. The first-order valence-electron chi connectivity index (χ1n) is 6.60. The van der Waals surface area contributed by atoms with Crippen LogP contribution >= 0.6 is 0 Å². The first-order chi connectivity index (χ1) is 9.67. The molecule has 0 aliphatic heterocycles. The molecule has 0 aromatic heterocycles. The van der Waals surface area contributed by atoms with E-state index in [2.05, 4.69) is 17.4 Å². The van der Waals surface area contributed by atoms with Gasteiger partial charge in [-0.3, -0.25) is 0 Å². The summed E-state index contributed by atoms with van der Waals surface area (Å²) in [6.45, 7) is 4.22. The number of hydrogen-bond acceptors (Lipinski definition) is 5. The van der Waals surface area contributed by atoms with Crippen molar-refractivity contribution in [2.24, 2.45) is 10.9 Å². The summed E-state index contributed by atoms with van der Waals surface area (Å²) < 4.78 is 10.6. The van der Waals surface area contributed by atoms with Crippen LogP contribution in [-0.2, 0) is 4.74 Å². The molecule has 0 fully saturated rings. The third-order valence-electron chi connectivity index (χ3n) is 2.88. The van der Waals surface area contributed by atoms with Crippen LogP contribution in [0.1, 0.15) is 18.9 Å². The van der Waals surface area contributed by atoms with Gasteiger partial charge >= 0.3 is 0 Å². The van der Waals surface area contributed by atoms with Gasteiger partial charge < -0.3 is 25.7 Å². The number of ether oxygens (including phenoxy) is 2. The minimum atomic E-state index is 0.0881. The van der Waals surface area contributed by atoms with Gasteiger partial charge in [0.2, 0.25) is 0 Å². The molecule has 112 valence electrons. The van der Waals surface area contributed by atoms with Crippen LogP contribution in [0.4, 0.5) is 0 Å². The minimum absolute atomic E-state index is 0.0881. The highest BCUT2D eigenvalue weighted by molar-refractivity contribution is 5.97. The zero-order chi connectivity index (χ0) is 14.8. The van der Waals surface area contributed by atoms with Crippen LogP contribution in [0.2, 0.25) is 0 Å². The van der Waals surface area contributed by atoms with E-state index in [4.69, 9.17) is 20.4 Å². The van der Waals surface area contributed by atoms with E-state index in [1.165, 1.54) is 0 Å². The molecule has 1 aromatic carbocycles. The number of amidine groups is 1. The number of nitrogens with two attached hydrogens (primary N) is 1. The zero-order valence-electron chi connectivity index (χ0n) is 12.0. The molecule has 0 saturated heterocycles. The van der Waals surface area contributed by atoms with Crippen LogP contribution < -0.4 is 15.8 Å². The molecular formula is C14H23N3O3. The summed E-state index contributed by atoms with van der Waals surface area (Å²) in [4.78, 5) is 0. The Hall–Kier alpha value is -1.79. The molecule has 1 atom stereocenters. The third kappa shape index (κ3) is 5.90. The second-order valence-corrected chi connectivity index (χ2v) is 4.49. The number of nitrogens with one attached hydrogen (secondary N) is 1. The molecule has 1 aromatic rings. The van der Waals surface area contributed by atoms with Crippen molar-refractivity contribution in [3.05, 3.63) is 29.8 Å². The molecule has 6 nitrogen and oxygen atoms in total. The molecule has 6 heteroatoms. The lowest BCUT2D eigenvalue weighted by Crippen LogP contribution is -2.31. The molecule has 0 saturated carbocycles. The van der Waals surface area contributed by atoms with Crippen LogP contribution in [0.15, 0.2) is 29.4 Å². The summed E-state index contributed by atoms with van der Waals surface area (Å²) in [5.74, 6) is 0.844. The van der Waals surface area contributed by atoms with Gasteiger partial charge in [-0.15, -0.1) is 0 Å². The van der Waals surface area contributed by atoms with E-state index >= 15 is 0 Å². The van der Waals surface area contributed by atoms with Gasteiger partial charge in [-0.05, 0) is 37.6 Å². The van der Waals surface area contributed by atoms with Crippen LogP contribution in [0, 0.1) is 0 Å². The van der Waals surface area contributed by atoms with Gasteiger partial charge in [0.15, 0.2) is 5.84 Å². The molecule has 1 unspecified atom stereocenters. The highest BCUT2D eigenvalue weighted by atomic mass is 16.5. The summed E-state index contributed by atoms with van der Waals surface area (Å²) in [5, 5.41) is 14.8. The normalized spacial score (nSPS) is 13.2. The summed E-state index contributed by atoms with van der Waals surface area (Å²) in [5.41, 5.74) is 6.14. The summed E-state index contributed by atoms with van der Waals surface area (Å²) in [6.07, 6.45) is 0.977. The predicted octanol–water partition coefficient (Wildman–Crippen LogP) is 1.17. The minimum Gasteiger partial charge on any atom is -0.492 e. The van der Waals surface area contributed by atoms with Gasteiger partial charge in [0.1, 0.15) is 12.4 Å². The van der Waals surface area contributed by atoms with Gasteiger partial charge in [-0.2, -0.15) is 0 Å². The monoisotopic (exact) mass is 281 g/mol. The standard InChI is InChI=1S/C14H23N3O3/c1-11(7-9-19-2)16-8-10-20-13-5-3-12(4-6-13)14(15)17-18/h3-6,11,16,18H,7-10H2,1-2H3,(H2,15,17). The lowest BCUT2D eigenvalue weighted by Gasteiger charge is -2.13. The van der Waals surface area contributed by atoms with E-state index in [-0.39, 0.29) is 5.84 Å². The predicted molar refractivity (Wildman–Crippen MR) is 78.4 cm³/mol. The molecular weight excluding hydrogens is 258 g/mol. The summed E-state index contributed by atoms with van der Waals surface area (Å²) in [7, 11) is 1.70. The molecule has 20 heavy (non-hydrogen) atoms. The lowest BCUT2D eigenvalue weighted by atomic mass is 10.2. The second kappa shape index (κ2) is 9.17. The molecule has 0 radical (unpaired) electrons. The number of nitrogens with zero attached hydrogens (tertiary/aromatic N) is 1. The number of methoxy groups -OCH3 is 1. The second-order valence-electron chi connectivity index (χ2n) is 4.49. The van der Waals surface area contributed by atoms with E-state index in [0.29, 0.717) is 18.2 Å². The van der Waals surface area contributed by atoms with E-state index in [1.807, 2.05) is 0 Å². The van der Waals surface area contributed by atoms with E-state index in [0.717, 1.165) is 25.3 Å². The quantitative estimate of drug-likeness (QED) is 0.208. The van der Waals surface area contributed by atoms with E-state index in [1.54, 1.807) is 31.4 Å². The highest BCUT2D eigenvalue weighted by Crippen LogP contribution is 2.11. The van der Waals surface area contributed by atoms with Crippen LogP contribution in [0.25, 0.3) is 0 Å². The molecule has 4 N–H and O–H groups in total. The topological polar surface area (TPSA) is 89.1 Å². The van der Waals surface area contributed by atoms with E-state index in [9.17, 15) is 0 Å². The molecule has 0 aliphatic carbocycles. The lowest BCUT2D eigenvalue weighted by molar-refractivity contribution is 0.183. The Bertz CT molecular complexity index is 407. The highest BCUT2D eigenvalue weighted by Gasteiger charge is 2.01. The van der Waals surface area contributed by atoms with Crippen LogP contribution in [0.5, 0.6) is 5.75 Å². The number of rotatable bonds is 9. The van der Waals surface area contributed by atoms with Crippen LogP contribution in [0.3, 0.4) is 0 Å².